The van der Waals surface area contributed by atoms with Gasteiger partial charge in [0.05, 0.1) is 0 Å². The van der Waals surface area contributed by atoms with Crippen LogP contribution in [0.2, 0.25) is 0 Å². The zero-order valence-electron chi connectivity index (χ0n) is 4.91. The zero-order chi connectivity index (χ0) is 5.54. The molecule has 1 nitrogen and oxygen atoms in total. The van der Waals surface area contributed by atoms with Gasteiger partial charge in [-0.1, -0.05) is 6.92 Å². The minimum absolute atomic E-state index is 1.10. The lowest BCUT2D eigenvalue weighted by Gasteiger charge is -1.95. The molecule has 0 heterocycles. The maximum Gasteiger partial charge on any atom is -0.00459 e. The Hall–Kier alpha value is 0.390. The largest absolute Gasteiger partial charge is 0.317 e. The fourth-order valence-electron chi connectivity index (χ4n) is 0.404. The van der Waals surface area contributed by atoms with Crippen LogP contribution < -0.4 is 5.32 Å². The Morgan fingerprint density at radius 2 is 2.29 bits per heavy atom. The van der Waals surface area contributed by atoms with Crippen LogP contribution in [0.25, 0.3) is 0 Å². The molecule has 0 fully saturated rings. The molecule has 0 aliphatic rings. The van der Waals surface area contributed by atoms with Gasteiger partial charge in [-0.15, -0.1) is 9.24 Å². The molecule has 0 radical (unpaired) electrons. The van der Waals surface area contributed by atoms with E-state index in [1.807, 2.05) is 0 Å². The average molecular weight is 119 g/mol. The van der Waals surface area contributed by atoms with E-state index in [1.54, 1.807) is 0 Å². The highest BCUT2D eigenvalue weighted by Gasteiger charge is 1.77. The molecular weight excluding hydrogens is 105 g/mol. The lowest BCUT2D eigenvalue weighted by molar-refractivity contribution is 0.707. The highest BCUT2D eigenvalue weighted by molar-refractivity contribution is 7.16. The Bertz CT molecular complexity index is 27.3. The van der Waals surface area contributed by atoms with Crippen molar-refractivity contribution in [3.8, 4) is 0 Å². The van der Waals surface area contributed by atoms with E-state index in [-0.39, 0.29) is 0 Å². The molecule has 1 unspecified atom stereocenters. The van der Waals surface area contributed by atoms with Crippen LogP contribution in [-0.2, 0) is 0 Å². The van der Waals surface area contributed by atoms with E-state index in [2.05, 4.69) is 21.5 Å². The summed E-state index contributed by atoms with van der Waals surface area (Å²) in [6, 6.07) is 0. The van der Waals surface area contributed by atoms with Gasteiger partial charge in [0.15, 0.2) is 0 Å². The summed E-state index contributed by atoms with van der Waals surface area (Å²) in [6.45, 7) is 4.40. The SMILES string of the molecule is CCNCCCP. The molecule has 1 N–H and O–H groups in total. The van der Waals surface area contributed by atoms with E-state index in [0.717, 1.165) is 6.54 Å². The maximum atomic E-state index is 3.24. The predicted octanol–water partition coefficient (Wildman–Crippen LogP) is 0.861. The standard InChI is InChI=1S/C5H14NP/c1-2-6-4-3-5-7/h6H,2-5,7H2,1H3. The molecule has 0 aromatic heterocycles. The van der Waals surface area contributed by atoms with Crippen molar-refractivity contribution in [2.75, 3.05) is 19.3 Å². The first-order valence-corrected chi connectivity index (χ1v) is 3.64. The molecular formula is C5H14NP. The summed E-state index contributed by atoms with van der Waals surface area (Å²) in [7, 11) is 2.71. The van der Waals surface area contributed by atoms with Crippen molar-refractivity contribution in [1.82, 2.24) is 5.32 Å². The van der Waals surface area contributed by atoms with E-state index in [4.69, 9.17) is 0 Å². The van der Waals surface area contributed by atoms with Gasteiger partial charge in [-0.25, -0.2) is 0 Å². The molecule has 0 bridgehead atoms. The highest BCUT2D eigenvalue weighted by atomic mass is 31.0. The van der Waals surface area contributed by atoms with Crippen molar-refractivity contribution in [3.05, 3.63) is 0 Å². The third-order valence-electron chi connectivity index (χ3n) is 0.808. The fourth-order valence-corrected chi connectivity index (χ4v) is 0.608. The number of hydrogen-bond donors (Lipinski definition) is 1. The van der Waals surface area contributed by atoms with Gasteiger partial charge in [-0.3, -0.25) is 0 Å². The maximum absolute atomic E-state index is 3.24. The topological polar surface area (TPSA) is 12.0 Å². The van der Waals surface area contributed by atoms with E-state index in [1.165, 1.54) is 19.1 Å². The van der Waals surface area contributed by atoms with Gasteiger partial charge < -0.3 is 5.32 Å². The fraction of sp³-hybridized carbons (Fsp3) is 1.00. The summed E-state index contributed by atoms with van der Waals surface area (Å²) in [6.07, 6.45) is 2.49. The summed E-state index contributed by atoms with van der Waals surface area (Å²) >= 11 is 0. The predicted molar refractivity (Wildman–Crippen MR) is 37.7 cm³/mol. The molecule has 0 aliphatic heterocycles. The molecule has 0 saturated carbocycles. The van der Waals surface area contributed by atoms with Crippen molar-refractivity contribution < 1.29 is 0 Å². The van der Waals surface area contributed by atoms with Crippen LogP contribution in [0.5, 0.6) is 0 Å². The molecule has 0 aliphatic carbocycles. The lowest BCUT2D eigenvalue weighted by Crippen LogP contribution is -2.13. The highest BCUT2D eigenvalue weighted by Crippen LogP contribution is 1.83. The first kappa shape index (κ1) is 7.39. The second-order valence-electron chi connectivity index (χ2n) is 1.50. The van der Waals surface area contributed by atoms with Gasteiger partial charge in [0.25, 0.3) is 0 Å². The van der Waals surface area contributed by atoms with E-state index < -0.39 is 0 Å². The van der Waals surface area contributed by atoms with Gasteiger partial charge in [-0.05, 0) is 25.7 Å². The Labute approximate surface area is 48.1 Å². The van der Waals surface area contributed by atoms with Crippen molar-refractivity contribution in [3.63, 3.8) is 0 Å². The molecule has 0 spiro atoms. The van der Waals surface area contributed by atoms with Crippen LogP contribution in [0.3, 0.4) is 0 Å². The van der Waals surface area contributed by atoms with Crippen molar-refractivity contribution in [1.29, 1.82) is 0 Å². The second kappa shape index (κ2) is 6.39. The number of hydrogen-bond acceptors (Lipinski definition) is 1. The first-order chi connectivity index (χ1) is 3.41. The summed E-state index contributed by atoms with van der Waals surface area (Å²) < 4.78 is 0. The van der Waals surface area contributed by atoms with Crippen molar-refractivity contribution in [2.24, 2.45) is 0 Å². The van der Waals surface area contributed by atoms with Gasteiger partial charge in [-0.2, -0.15) is 0 Å². The van der Waals surface area contributed by atoms with E-state index in [9.17, 15) is 0 Å². The normalized spacial score (nSPS) is 9.43. The monoisotopic (exact) mass is 119 g/mol. The van der Waals surface area contributed by atoms with Crippen LogP contribution in [0.4, 0.5) is 0 Å². The molecule has 0 aromatic rings. The number of nitrogens with one attached hydrogen (secondary N) is 1. The van der Waals surface area contributed by atoms with Crippen LogP contribution in [0.15, 0.2) is 0 Å². The molecule has 0 amide bonds. The van der Waals surface area contributed by atoms with Crippen molar-refractivity contribution in [2.45, 2.75) is 13.3 Å². The van der Waals surface area contributed by atoms with Crippen LogP contribution in [0, 0.1) is 0 Å². The van der Waals surface area contributed by atoms with E-state index in [0.29, 0.717) is 0 Å². The average Bonchev–Trinajstić information content (AvgIpc) is 1.69. The molecule has 1 atom stereocenters. The summed E-state index contributed by atoms with van der Waals surface area (Å²) in [5.41, 5.74) is 0. The van der Waals surface area contributed by atoms with Gasteiger partial charge in [0, 0.05) is 0 Å². The van der Waals surface area contributed by atoms with E-state index >= 15 is 0 Å². The minimum atomic E-state index is 1.10. The Morgan fingerprint density at radius 3 is 2.71 bits per heavy atom. The summed E-state index contributed by atoms with van der Waals surface area (Å²) in [5.74, 6) is 0. The van der Waals surface area contributed by atoms with Crippen LogP contribution >= 0.6 is 9.24 Å². The summed E-state index contributed by atoms with van der Waals surface area (Å²) in [5, 5.41) is 3.24. The quantitative estimate of drug-likeness (QED) is 0.427. The minimum Gasteiger partial charge on any atom is -0.317 e. The molecule has 44 valence electrons. The molecule has 0 aromatic carbocycles. The van der Waals surface area contributed by atoms with Gasteiger partial charge in [0.2, 0.25) is 0 Å². The third-order valence-corrected chi connectivity index (χ3v) is 1.22. The molecule has 2 heteroatoms. The van der Waals surface area contributed by atoms with Crippen molar-refractivity contribution >= 4 is 9.24 Å². The lowest BCUT2D eigenvalue weighted by atomic mass is 10.5. The summed E-state index contributed by atoms with van der Waals surface area (Å²) in [4.78, 5) is 0. The second-order valence-corrected chi connectivity index (χ2v) is 2.07. The molecule has 0 rings (SSSR count). The van der Waals surface area contributed by atoms with Crippen LogP contribution in [-0.4, -0.2) is 19.3 Å². The smallest absolute Gasteiger partial charge is 0.00459 e. The first-order valence-electron chi connectivity index (χ1n) is 2.82. The Morgan fingerprint density at radius 1 is 1.57 bits per heavy atom. The van der Waals surface area contributed by atoms with Gasteiger partial charge in [0.1, 0.15) is 0 Å². The molecule has 0 saturated heterocycles. The Kier molecular flexibility index (Phi) is 6.75. The zero-order valence-corrected chi connectivity index (χ0v) is 6.06. The third kappa shape index (κ3) is 6.39. The number of rotatable bonds is 4. The van der Waals surface area contributed by atoms with Gasteiger partial charge >= 0.3 is 0 Å². The van der Waals surface area contributed by atoms with Crippen LogP contribution in [0.1, 0.15) is 13.3 Å². The molecule has 7 heavy (non-hydrogen) atoms. The Balaban J connectivity index is 2.45.